The van der Waals surface area contributed by atoms with Crippen molar-refractivity contribution in [2.75, 3.05) is 0 Å². The zero-order valence-corrected chi connectivity index (χ0v) is 13.6. The summed E-state index contributed by atoms with van der Waals surface area (Å²) in [4.78, 5) is 14.7. The van der Waals surface area contributed by atoms with Crippen LogP contribution in [-0.2, 0) is 9.68 Å². The second-order valence-electron chi connectivity index (χ2n) is 5.33. The lowest BCUT2D eigenvalue weighted by molar-refractivity contribution is -0.280. The molecule has 0 saturated carbocycles. The number of carboxylic acids is 1. The van der Waals surface area contributed by atoms with Crippen molar-refractivity contribution >= 4 is 5.97 Å². The Morgan fingerprint density at radius 3 is 2.41 bits per heavy atom. The second kappa shape index (κ2) is 16.0. The number of unbranched alkanes of at least 4 members (excludes halogenated alkanes) is 4. The van der Waals surface area contributed by atoms with Crippen LogP contribution in [0, 0.1) is 0 Å². The van der Waals surface area contributed by atoms with E-state index in [0.29, 0.717) is 0 Å². The molecule has 4 nitrogen and oxygen atoms in total. The Morgan fingerprint density at radius 2 is 1.73 bits per heavy atom. The van der Waals surface area contributed by atoms with E-state index in [-0.39, 0.29) is 6.10 Å². The normalized spacial score (nSPS) is 13.5. The predicted octanol–water partition coefficient (Wildman–Crippen LogP) is 5.13. The first-order valence-corrected chi connectivity index (χ1v) is 8.22. The standard InChI is InChI=1S/C18H30O4/c1-2-3-4-5-6-8-11-14-17(22-21)15-12-9-7-10-13-16-18(19)20/h6-8,10,13,16-17,21H,2-5,9,11-12,14-15H2,1H3,(H,19,20)/t17-/m1/s1. The van der Waals surface area contributed by atoms with Crippen LogP contribution in [0.5, 0.6) is 0 Å². The number of rotatable bonds is 14. The van der Waals surface area contributed by atoms with Gasteiger partial charge >= 0.3 is 5.97 Å². The van der Waals surface area contributed by atoms with Gasteiger partial charge in [-0.25, -0.2) is 9.68 Å². The highest BCUT2D eigenvalue weighted by Gasteiger charge is 2.06. The molecule has 0 aromatic rings. The molecule has 2 N–H and O–H groups in total. The number of hydrogen-bond donors (Lipinski definition) is 2. The van der Waals surface area contributed by atoms with E-state index in [1.165, 1.54) is 25.3 Å². The molecule has 1 atom stereocenters. The summed E-state index contributed by atoms with van der Waals surface area (Å²) in [5, 5.41) is 17.3. The summed E-state index contributed by atoms with van der Waals surface area (Å²) in [6.07, 6.45) is 19.7. The SMILES string of the molecule is CCCCCC=CCC[C@H](CCCC=CC=CC(=O)O)OO. The van der Waals surface area contributed by atoms with Crippen LogP contribution in [0.2, 0.25) is 0 Å². The number of carboxylic acid groups (broad SMARTS) is 1. The Balaban J connectivity index is 3.64. The zero-order chi connectivity index (χ0) is 16.5. The lowest BCUT2D eigenvalue weighted by Gasteiger charge is -2.11. The fourth-order valence-electron chi connectivity index (χ4n) is 2.06. The van der Waals surface area contributed by atoms with Gasteiger partial charge in [-0.3, -0.25) is 5.26 Å². The van der Waals surface area contributed by atoms with E-state index in [2.05, 4.69) is 24.0 Å². The first-order valence-electron chi connectivity index (χ1n) is 8.22. The van der Waals surface area contributed by atoms with Gasteiger partial charge in [0, 0.05) is 6.08 Å². The average molecular weight is 310 g/mol. The van der Waals surface area contributed by atoms with Crippen molar-refractivity contribution in [1.29, 1.82) is 0 Å². The van der Waals surface area contributed by atoms with Gasteiger partial charge in [0.25, 0.3) is 0 Å². The summed E-state index contributed by atoms with van der Waals surface area (Å²) in [6.45, 7) is 2.20. The number of aliphatic carboxylic acids is 1. The number of allylic oxidation sites excluding steroid dienone is 5. The van der Waals surface area contributed by atoms with E-state index < -0.39 is 5.97 Å². The van der Waals surface area contributed by atoms with Gasteiger partial charge < -0.3 is 5.11 Å². The van der Waals surface area contributed by atoms with Crippen molar-refractivity contribution < 1.29 is 20.0 Å². The fourth-order valence-corrected chi connectivity index (χ4v) is 2.06. The molecule has 0 radical (unpaired) electrons. The van der Waals surface area contributed by atoms with E-state index in [1.54, 1.807) is 6.08 Å². The molecule has 4 heteroatoms. The molecule has 0 bridgehead atoms. The van der Waals surface area contributed by atoms with Gasteiger partial charge in [-0.15, -0.1) is 0 Å². The van der Waals surface area contributed by atoms with Gasteiger partial charge in [0.1, 0.15) is 0 Å². The number of hydrogen-bond acceptors (Lipinski definition) is 3. The first kappa shape index (κ1) is 20.6. The minimum absolute atomic E-state index is 0.122. The molecular weight excluding hydrogens is 280 g/mol. The average Bonchev–Trinajstić information content (AvgIpc) is 2.50. The lowest BCUT2D eigenvalue weighted by Crippen LogP contribution is -2.09. The Kier molecular flexibility index (Phi) is 15.0. The summed E-state index contributed by atoms with van der Waals surface area (Å²) >= 11 is 0. The maximum absolute atomic E-state index is 10.2. The van der Waals surface area contributed by atoms with Crippen LogP contribution < -0.4 is 0 Å². The molecule has 0 amide bonds. The van der Waals surface area contributed by atoms with Crippen LogP contribution in [-0.4, -0.2) is 22.4 Å². The summed E-state index contributed by atoms with van der Waals surface area (Å²) < 4.78 is 0. The minimum Gasteiger partial charge on any atom is -0.478 e. The van der Waals surface area contributed by atoms with Gasteiger partial charge in [0.15, 0.2) is 0 Å². The Hall–Kier alpha value is -1.39. The van der Waals surface area contributed by atoms with E-state index in [1.807, 2.05) is 6.08 Å². The van der Waals surface area contributed by atoms with E-state index in [0.717, 1.165) is 44.6 Å². The molecule has 0 aliphatic heterocycles. The molecule has 0 aliphatic rings. The van der Waals surface area contributed by atoms with Crippen LogP contribution in [0.1, 0.15) is 64.7 Å². The van der Waals surface area contributed by atoms with Gasteiger partial charge in [-0.2, -0.15) is 0 Å². The molecule has 0 unspecified atom stereocenters. The van der Waals surface area contributed by atoms with Crippen molar-refractivity contribution in [1.82, 2.24) is 0 Å². The minimum atomic E-state index is -0.943. The summed E-state index contributed by atoms with van der Waals surface area (Å²) in [7, 11) is 0. The van der Waals surface area contributed by atoms with Crippen molar-refractivity contribution in [3.63, 3.8) is 0 Å². The Bertz CT molecular complexity index is 345. The van der Waals surface area contributed by atoms with Crippen LogP contribution in [0.15, 0.2) is 36.5 Å². The first-order chi connectivity index (χ1) is 10.7. The number of carbonyl (C=O) groups is 1. The molecule has 126 valence electrons. The molecule has 0 aliphatic carbocycles. The topological polar surface area (TPSA) is 66.8 Å². The fraction of sp³-hybridized carbons (Fsp3) is 0.611. The van der Waals surface area contributed by atoms with Gasteiger partial charge in [0.05, 0.1) is 6.10 Å². The second-order valence-corrected chi connectivity index (χ2v) is 5.33. The maximum Gasteiger partial charge on any atom is 0.328 e. The smallest absolute Gasteiger partial charge is 0.328 e. The third-order valence-corrected chi connectivity index (χ3v) is 3.33. The monoisotopic (exact) mass is 310 g/mol. The molecule has 0 aromatic carbocycles. The summed E-state index contributed by atoms with van der Waals surface area (Å²) in [5.74, 6) is -0.943. The summed E-state index contributed by atoms with van der Waals surface area (Å²) in [6, 6.07) is 0. The van der Waals surface area contributed by atoms with E-state index in [9.17, 15) is 4.79 Å². The van der Waals surface area contributed by atoms with Crippen molar-refractivity contribution in [3.8, 4) is 0 Å². The highest BCUT2D eigenvalue weighted by atomic mass is 17.1. The van der Waals surface area contributed by atoms with Crippen LogP contribution in [0.3, 0.4) is 0 Å². The molecular formula is C18H30O4. The predicted molar refractivity (Wildman–Crippen MR) is 89.8 cm³/mol. The zero-order valence-electron chi connectivity index (χ0n) is 13.6. The molecule has 0 saturated heterocycles. The Morgan fingerprint density at radius 1 is 1.00 bits per heavy atom. The molecule has 0 spiro atoms. The van der Waals surface area contributed by atoms with Crippen LogP contribution >= 0.6 is 0 Å². The third-order valence-electron chi connectivity index (χ3n) is 3.33. The summed E-state index contributed by atoms with van der Waals surface area (Å²) in [5.41, 5.74) is 0. The molecule has 0 aromatic heterocycles. The van der Waals surface area contributed by atoms with Crippen LogP contribution in [0.4, 0.5) is 0 Å². The Labute approximate surface area is 134 Å². The van der Waals surface area contributed by atoms with Crippen molar-refractivity contribution in [2.24, 2.45) is 0 Å². The van der Waals surface area contributed by atoms with Gasteiger partial charge in [-0.1, -0.05) is 50.1 Å². The maximum atomic E-state index is 10.2. The molecule has 0 fully saturated rings. The quantitative estimate of drug-likeness (QED) is 0.117. The van der Waals surface area contributed by atoms with Crippen molar-refractivity contribution in [2.45, 2.75) is 70.8 Å². The molecule has 0 heterocycles. The molecule has 0 rings (SSSR count). The highest BCUT2D eigenvalue weighted by molar-refractivity contribution is 5.80. The van der Waals surface area contributed by atoms with Crippen molar-refractivity contribution in [3.05, 3.63) is 36.5 Å². The van der Waals surface area contributed by atoms with Gasteiger partial charge in [0.2, 0.25) is 0 Å². The van der Waals surface area contributed by atoms with Crippen LogP contribution in [0.25, 0.3) is 0 Å². The molecule has 22 heavy (non-hydrogen) atoms. The highest BCUT2D eigenvalue weighted by Crippen LogP contribution is 2.11. The van der Waals surface area contributed by atoms with E-state index >= 15 is 0 Å². The van der Waals surface area contributed by atoms with Gasteiger partial charge in [-0.05, 0) is 44.9 Å². The largest absolute Gasteiger partial charge is 0.478 e. The third kappa shape index (κ3) is 15.0. The lowest BCUT2D eigenvalue weighted by atomic mass is 10.1. The van der Waals surface area contributed by atoms with E-state index in [4.69, 9.17) is 10.4 Å².